The number of carbonyl (C=O) groups is 1. The Morgan fingerprint density at radius 2 is 2.21 bits per heavy atom. The maximum Gasteiger partial charge on any atom is 0.224 e. The van der Waals surface area contributed by atoms with Crippen molar-refractivity contribution in [1.29, 1.82) is 0 Å². The smallest absolute Gasteiger partial charge is 0.224 e. The zero-order chi connectivity index (χ0) is 13.1. The average Bonchev–Trinajstić information content (AvgIpc) is 2.70. The highest BCUT2D eigenvalue weighted by Gasteiger charge is 2.26. The van der Waals surface area contributed by atoms with Gasteiger partial charge in [0.15, 0.2) is 0 Å². The molecule has 3 N–H and O–H groups in total. The van der Waals surface area contributed by atoms with Gasteiger partial charge in [0.2, 0.25) is 5.91 Å². The van der Waals surface area contributed by atoms with Crippen molar-refractivity contribution in [3.05, 3.63) is 29.0 Å². The van der Waals surface area contributed by atoms with Gasteiger partial charge < -0.3 is 11.1 Å². The number of anilines is 1. The van der Waals surface area contributed by atoms with Crippen LogP contribution in [0.15, 0.2) is 18.2 Å². The number of carbonyl (C=O) groups excluding carboxylic acids is 1. The predicted octanol–water partition coefficient (Wildman–Crippen LogP) is 3.36. The lowest BCUT2D eigenvalue weighted by molar-refractivity contribution is -0.117. The summed E-state index contributed by atoms with van der Waals surface area (Å²) in [6.07, 6.45) is 3.44. The van der Waals surface area contributed by atoms with Crippen LogP contribution in [-0.4, -0.2) is 11.9 Å². The minimum absolute atomic E-state index is 0. The van der Waals surface area contributed by atoms with E-state index >= 15 is 0 Å². The summed E-state index contributed by atoms with van der Waals surface area (Å²) in [5, 5.41) is 2.71. The molecule has 6 heteroatoms. The number of hydrogen-bond donors (Lipinski definition) is 2. The molecule has 1 amide bonds. The van der Waals surface area contributed by atoms with Gasteiger partial charge in [0.05, 0.1) is 5.02 Å². The molecule has 1 fully saturated rings. The molecule has 0 aliphatic heterocycles. The quantitative estimate of drug-likeness (QED) is 0.899. The molecule has 2 atom stereocenters. The first-order valence-electron chi connectivity index (χ1n) is 6.07. The maximum absolute atomic E-state index is 13.2. The van der Waals surface area contributed by atoms with E-state index in [1.54, 1.807) is 6.07 Å². The second kappa shape index (κ2) is 7.08. The molecule has 3 nitrogen and oxygen atoms in total. The van der Waals surface area contributed by atoms with E-state index in [2.05, 4.69) is 5.32 Å². The van der Waals surface area contributed by atoms with Gasteiger partial charge in [0.1, 0.15) is 5.82 Å². The van der Waals surface area contributed by atoms with Crippen LogP contribution in [0.4, 0.5) is 10.1 Å². The van der Waals surface area contributed by atoms with E-state index < -0.39 is 5.82 Å². The third-order valence-electron chi connectivity index (χ3n) is 3.37. The Morgan fingerprint density at radius 1 is 1.47 bits per heavy atom. The average molecular weight is 307 g/mol. The van der Waals surface area contributed by atoms with E-state index in [4.69, 9.17) is 17.3 Å². The van der Waals surface area contributed by atoms with Gasteiger partial charge >= 0.3 is 0 Å². The molecule has 0 spiro atoms. The number of benzene rings is 1. The van der Waals surface area contributed by atoms with E-state index in [1.165, 1.54) is 12.1 Å². The Labute approximate surface area is 123 Å². The molecular formula is C13H17Cl2FN2O. The van der Waals surface area contributed by atoms with Crippen molar-refractivity contribution in [2.24, 2.45) is 11.7 Å². The van der Waals surface area contributed by atoms with E-state index in [9.17, 15) is 9.18 Å². The van der Waals surface area contributed by atoms with Crippen molar-refractivity contribution in [3.63, 3.8) is 0 Å². The maximum atomic E-state index is 13.2. The van der Waals surface area contributed by atoms with Crippen LogP contribution >= 0.6 is 24.0 Å². The standard InChI is InChI=1S/C13H16ClFN2O.ClH/c14-10-5-4-9(7-11(10)15)17-13(18)6-8-2-1-3-12(8)16;/h4-5,7-8,12H,1-3,6,16H2,(H,17,18);1H/t8-,12+;/m0./s1. The molecule has 1 aliphatic carbocycles. The van der Waals surface area contributed by atoms with Crippen LogP contribution in [0.5, 0.6) is 0 Å². The van der Waals surface area contributed by atoms with Crippen molar-refractivity contribution < 1.29 is 9.18 Å². The van der Waals surface area contributed by atoms with Crippen LogP contribution < -0.4 is 11.1 Å². The summed E-state index contributed by atoms with van der Waals surface area (Å²) in [6, 6.07) is 4.33. The van der Waals surface area contributed by atoms with Crippen LogP contribution in [0.25, 0.3) is 0 Å². The normalized spacial score (nSPS) is 21.8. The topological polar surface area (TPSA) is 55.1 Å². The molecule has 0 aromatic heterocycles. The number of rotatable bonds is 3. The number of amides is 1. The summed E-state index contributed by atoms with van der Waals surface area (Å²) in [5.41, 5.74) is 6.33. The third-order valence-corrected chi connectivity index (χ3v) is 3.68. The minimum atomic E-state index is -0.535. The zero-order valence-electron chi connectivity index (χ0n) is 10.4. The molecule has 0 heterocycles. The molecule has 0 radical (unpaired) electrons. The van der Waals surface area contributed by atoms with Crippen molar-refractivity contribution in [1.82, 2.24) is 0 Å². The molecule has 1 saturated carbocycles. The third kappa shape index (κ3) is 4.34. The zero-order valence-corrected chi connectivity index (χ0v) is 11.9. The molecule has 1 aromatic rings. The van der Waals surface area contributed by atoms with Crippen LogP contribution in [-0.2, 0) is 4.79 Å². The van der Waals surface area contributed by atoms with Gasteiger partial charge in [-0.05, 0) is 37.0 Å². The number of hydrogen-bond acceptors (Lipinski definition) is 2. The van der Waals surface area contributed by atoms with Gasteiger partial charge in [-0.3, -0.25) is 4.79 Å². The van der Waals surface area contributed by atoms with Gasteiger partial charge in [0.25, 0.3) is 0 Å². The van der Waals surface area contributed by atoms with E-state index in [0.717, 1.165) is 19.3 Å². The van der Waals surface area contributed by atoms with Crippen LogP contribution in [0.3, 0.4) is 0 Å². The first kappa shape index (κ1) is 16.2. The Morgan fingerprint density at radius 3 is 2.79 bits per heavy atom. The number of halogens is 3. The molecule has 19 heavy (non-hydrogen) atoms. The molecule has 1 aromatic carbocycles. The summed E-state index contributed by atoms with van der Waals surface area (Å²) in [6.45, 7) is 0. The van der Waals surface area contributed by atoms with Crippen LogP contribution in [0.1, 0.15) is 25.7 Å². The summed E-state index contributed by atoms with van der Waals surface area (Å²) in [7, 11) is 0. The van der Waals surface area contributed by atoms with Crippen LogP contribution in [0.2, 0.25) is 5.02 Å². The largest absolute Gasteiger partial charge is 0.327 e. The minimum Gasteiger partial charge on any atom is -0.327 e. The predicted molar refractivity (Wildman–Crippen MR) is 77.2 cm³/mol. The second-order valence-electron chi connectivity index (χ2n) is 4.74. The van der Waals surface area contributed by atoms with Gasteiger partial charge in [-0.25, -0.2) is 4.39 Å². The van der Waals surface area contributed by atoms with E-state index in [-0.39, 0.29) is 35.3 Å². The van der Waals surface area contributed by atoms with Crippen LogP contribution in [0, 0.1) is 11.7 Å². The lowest BCUT2D eigenvalue weighted by Gasteiger charge is -2.14. The number of nitrogens with one attached hydrogen (secondary N) is 1. The number of nitrogens with two attached hydrogens (primary N) is 1. The highest BCUT2D eigenvalue weighted by atomic mass is 35.5. The SMILES string of the molecule is Cl.N[C@@H]1CCC[C@H]1CC(=O)Nc1ccc(Cl)c(F)c1. The lowest BCUT2D eigenvalue weighted by atomic mass is 10.00. The fourth-order valence-electron chi connectivity index (χ4n) is 2.34. The van der Waals surface area contributed by atoms with Crippen molar-refractivity contribution in [3.8, 4) is 0 Å². The first-order chi connectivity index (χ1) is 8.56. The van der Waals surface area contributed by atoms with Gasteiger partial charge in [-0.1, -0.05) is 18.0 Å². The molecule has 2 rings (SSSR count). The molecular weight excluding hydrogens is 290 g/mol. The molecule has 0 saturated heterocycles. The van der Waals surface area contributed by atoms with Gasteiger partial charge in [0, 0.05) is 18.2 Å². The summed E-state index contributed by atoms with van der Waals surface area (Å²) >= 11 is 5.57. The second-order valence-corrected chi connectivity index (χ2v) is 5.14. The Hall–Kier alpha value is -0.840. The van der Waals surface area contributed by atoms with Gasteiger partial charge in [-0.2, -0.15) is 0 Å². The first-order valence-corrected chi connectivity index (χ1v) is 6.44. The van der Waals surface area contributed by atoms with Crippen molar-refractivity contribution in [2.45, 2.75) is 31.7 Å². The fourth-order valence-corrected chi connectivity index (χ4v) is 2.46. The monoisotopic (exact) mass is 306 g/mol. The van der Waals surface area contributed by atoms with E-state index in [1.807, 2.05) is 0 Å². The molecule has 106 valence electrons. The molecule has 1 aliphatic rings. The Balaban J connectivity index is 0.00000180. The highest BCUT2D eigenvalue weighted by molar-refractivity contribution is 6.30. The molecule has 0 bridgehead atoms. The fraction of sp³-hybridized carbons (Fsp3) is 0.462. The summed E-state index contributed by atoms with van der Waals surface area (Å²) < 4.78 is 13.2. The summed E-state index contributed by atoms with van der Waals surface area (Å²) in [5.74, 6) is -0.423. The Kier molecular flexibility index (Phi) is 6.04. The van der Waals surface area contributed by atoms with Crippen molar-refractivity contribution >= 4 is 35.6 Å². The molecule has 0 unspecified atom stereocenters. The lowest BCUT2D eigenvalue weighted by Crippen LogP contribution is -2.28. The van der Waals surface area contributed by atoms with Gasteiger partial charge in [-0.15, -0.1) is 12.4 Å². The summed E-state index contributed by atoms with van der Waals surface area (Å²) in [4.78, 5) is 11.8. The van der Waals surface area contributed by atoms with E-state index in [0.29, 0.717) is 12.1 Å². The Bertz CT molecular complexity index is 456. The van der Waals surface area contributed by atoms with Crippen molar-refractivity contribution in [2.75, 3.05) is 5.32 Å². The highest BCUT2D eigenvalue weighted by Crippen LogP contribution is 2.27.